The van der Waals surface area contributed by atoms with Gasteiger partial charge in [-0.05, 0) is 30.3 Å². The Bertz CT molecular complexity index is 2090. The summed E-state index contributed by atoms with van der Waals surface area (Å²) in [6.45, 7) is 0. The van der Waals surface area contributed by atoms with Crippen LogP contribution in [0, 0.1) is 0 Å². The minimum absolute atomic E-state index is 0.520. The van der Waals surface area contributed by atoms with Gasteiger partial charge in [-0.2, -0.15) is 9.97 Å². The first-order valence-electron chi connectivity index (χ1n) is 13.2. The van der Waals surface area contributed by atoms with Gasteiger partial charge in [-0.25, -0.2) is 14.5 Å². The molecule has 0 bridgehead atoms. The first kappa shape index (κ1) is 22.4. The average Bonchev–Trinajstić information content (AvgIpc) is 3.55. The van der Waals surface area contributed by atoms with Crippen LogP contribution in [0.25, 0.3) is 67.4 Å². The summed E-state index contributed by atoms with van der Waals surface area (Å²) in [5.74, 6) is 1.74. The molecular formula is C34H22N6. The third-order valence-corrected chi connectivity index (χ3v) is 7.23. The highest BCUT2D eigenvalue weighted by Crippen LogP contribution is 2.39. The number of fused-ring (bicyclic) bond motifs is 5. The molecule has 0 aliphatic rings. The maximum atomic E-state index is 5.06. The Kier molecular flexibility index (Phi) is 5.03. The third-order valence-electron chi connectivity index (χ3n) is 7.23. The van der Waals surface area contributed by atoms with E-state index in [4.69, 9.17) is 19.9 Å². The Balaban J connectivity index is 1.54. The lowest BCUT2D eigenvalue weighted by atomic mass is 10.1. The minimum Gasteiger partial charge on any atom is -0.295 e. The van der Waals surface area contributed by atoms with Gasteiger partial charge in [-0.15, -0.1) is 0 Å². The van der Waals surface area contributed by atoms with E-state index in [1.165, 1.54) is 0 Å². The molecule has 188 valence electrons. The Morgan fingerprint density at radius 1 is 0.475 bits per heavy atom. The summed E-state index contributed by atoms with van der Waals surface area (Å²) in [4.78, 5) is 19.9. The summed E-state index contributed by atoms with van der Waals surface area (Å²) in [6.07, 6.45) is 1.82. The summed E-state index contributed by atoms with van der Waals surface area (Å²) in [7, 11) is 0. The highest BCUT2D eigenvalue weighted by atomic mass is 15.3. The molecule has 6 heteroatoms. The fourth-order valence-electron chi connectivity index (χ4n) is 5.50. The van der Waals surface area contributed by atoms with Crippen molar-refractivity contribution in [1.82, 2.24) is 29.1 Å². The zero-order valence-electron chi connectivity index (χ0n) is 21.4. The van der Waals surface area contributed by atoms with E-state index in [9.17, 15) is 0 Å². The van der Waals surface area contributed by atoms with E-state index in [0.717, 1.165) is 49.8 Å². The predicted octanol–water partition coefficient (Wildman–Crippen LogP) is 7.64. The van der Waals surface area contributed by atoms with Gasteiger partial charge < -0.3 is 0 Å². The van der Waals surface area contributed by atoms with E-state index < -0.39 is 0 Å². The monoisotopic (exact) mass is 514 g/mol. The van der Waals surface area contributed by atoms with Crippen LogP contribution in [0.5, 0.6) is 0 Å². The van der Waals surface area contributed by atoms with Crippen molar-refractivity contribution < 1.29 is 0 Å². The quantitative estimate of drug-likeness (QED) is 0.242. The number of hydrogen-bond acceptors (Lipinski definition) is 4. The summed E-state index contributed by atoms with van der Waals surface area (Å²) in [6, 6.07) is 43.1. The molecular weight excluding hydrogens is 492 g/mol. The van der Waals surface area contributed by atoms with Crippen molar-refractivity contribution in [3.63, 3.8) is 0 Å². The van der Waals surface area contributed by atoms with Gasteiger partial charge in [0.05, 0.1) is 5.52 Å². The second-order valence-electron chi connectivity index (χ2n) is 9.61. The Morgan fingerprint density at radius 2 is 1.05 bits per heavy atom. The fourth-order valence-corrected chi connectivity index (χ4v) is 5.50. The van der Waals surface area contributed by atoms with Crippen LogP contribution in [0.2, 0.25) is 0 Å². The van der Waals surface area contributed by atoms with Gasteiger partial charge >= 0.3 is 0 Å². The summed E-state index contributed by atoms with van der Waals surface area (Å²) in [5, 5.41) is 3.32. The first-order chi connectivity index (χ1) is 19.9. The smallest absolute Gasteiger partial charge is 0.241 e. The van der Waals surface area contributed by atoms with Crippen LogP contribution in [-0.2, 0) is 0 Å². The standard InChI is InChI=1S/C34H22N6/c1-4-13-23(14-5-1)30-36-31(24-15-6-2-7-16-24)38-34(37-30)40-32-27(20-12-22-35-32)29-26-19-10-11-21-28(26)39(33(29)40)25-17-8-3-9-18-25/h1-22H. The number of hydrogen-bond donors (Lipinski definition) is 0. The van der Waals surface area contributed by atoms with Crippen LogP contribution < -0.4 is 0 Å². The van der Waals surface area contributed by atoms with Crippen LogP contribution in [-0.4, -0.2) is 29.1 Å². The molecule has 0 amide bonds. The highest BCUT2D eigenvalue weighted by molar-refractivity contribution is 6.21. The Morgan fingerprint density at radius 3 is 1.73 bits per heavy atom. The van der Waals surface area contributed by atoms with Crippen LogP contribution in [0.15, 0.2) is 134 Å². The zero-order chi connectivity index (χ0) is 26.5. The average molecular weight is 515 g/mol. The van der Waals surface area contributed by atoms with Gasteiger partial charge in [0.2, 0.25) is 5.95 Å². The molecule has 6 nitrogen and oxygen atoms in total. The molecule has 0 aliphatic heterocycles. The molecule has 0 saturated carbocycles. The fraction of sp³-hybridized carbons (Fsp3) is 0. The van der Waals surface area contributed by atoms with Crippen molar-refractivity contribution in [2.24, 2.45) is 0 Å². The van der Waals surface area contributed by atoms with Crippen molar-refractivity contribution in [2.75, 3.05) is 0 Å². The summed E-state index contributed by atoms with van der Waals surface area (Å²) < 4.78 is 4.36. The first-order valence-corrected chi connectivity index (χ1v) is 13.2. The second-order valence-corrected chi connectivity index (χ2v) is 9.61. The second kappa shape index (κ2) is 8.99. The van der Waals surface area contributed by atoms with Crippen LogP contribution in [0.3, 0.4) is 0 Å². The predicted molar refractivity (Wildman–Crippen MR) is 160 cm³/mol. The highest BCUT2D eigenvalue weighted by Gasteiger charge is 2.24. The molecule has 0 unspecified atom stereocenters. The summed E-state index contributed by atoms with van der Waals surface area (Å²) >= 11 is 0. The number of nitrogens with zero attached hydrogens (tertiary/aromatic N) is 6. The molecule has 40 heavy (non-hydrogen) atoms. The molecule has 8 aromatic rings. The lowest BCUT2D eigenvalue weighted by Gasteiger charge is -2.13. The van der Waals surface area contributed by atoms with Crippen molar-refractivity contribution in [1.29, 1.82) is 0 Å². The van der Waals surface area contributed by atoms with Crippen molar-refractivity contribution in [3.05, 3.63) is 134 Å². The Labute approximate surface area is 229 Å². The molecule has 4 aromatic heterocycles. The van der Waals surface area contributed by atoms with Gasteiger partial charge in [0, 0.05) is 39.2 Å². The van der Waals surface area contributed by atoms with E-state index >= 15 is 0 Å². The Hall–Kier alpha value is -5.62. The molecule has 0 radical (unpaired) electrons. The molecule has 0 fully saturated rings. The molecule has 8 rings (SSSR count). The molecule has 0 aliphatic carbocycles. The zero-order valence-corrected chi connectivity index (χ0v) is 21.4. The molecule has 0 saturated heterocycles. The maximum Gasteiger partial charge on any atom is 0.241 e. The van der Waals surface area contributed by atoms with Crippen LogP contribution in [0.4, 0.5) is 0 Å². The van der Waals surface area contributed by atoms with Gasteiger partial charge in [-0.3, -0.25) is 4.57 Å². The van der Waals surface area contributed by atoms with Crippen molar-refractivity contribution >= 4 is 33.0 Å². The van der Waals surface area contributed by atoms with E-state index in [1.807, 2.05) is 79.0 Å². The number of rotatable bonds is 4. The minimum atomic E-state index is 0.520. The third kappa shape index (κ3) is 3.43. The lowest BCUT2D eigenvalue weighted by molar-refractivity contribution is 0.924. The largest absolute Gasteiger partial charge is 0.295 e. The molecule has 4 aromatic carbocycles. The molecule has 0 spiro atoms. The molecule has 0 atom stereocenters. The lowest BCUT2D eigenvalue weighted by Crippen LogP contribution is -2.09. The normalized spacial score (nSPS) is 11.5. The van der Waals surface area contributed by atoms with Crippen LogP contribution >= 0.6 is 0 Å². The van der Waals surface area contributed by atoms with Gasteiger partial charge in [0.1, 0.15) is 11.3 Å². The van der Waals surface area contributed by atoms with Crippen LogP contribution in [0.1, 0.15) is 0 Å². The van der Waals surface area contributed by atoms with Gasteiger partial charge in [0.15, 0.2) is 11.6 Å². The number of pyridine rings is 1. The number of aromatic nitrogens is 6. The molecule has 4 heterocycles. The SMILES string of the molecule is c1ccc(-c2nc(-c3ccccc3)nc(-n3c4ncccc4c4c5ccccc5n(-c5ccccc5)c43)n2)cc1. The van der Waals surface area contributed by atoms with E-state index in [2.05, 4.69) is 63.7 Å². The van der Waals surface area contributed by atoms with E-state index in [1.54, 1.807) is 0 Å². The van der Waals surface area contributed by atoms with Gasteiger partial charge in [0.25, 0.3) is 0 Å². The maximum absolute atomic E-state index is 5.06. The number of benzene rings is 4. The van der Waals surface area contributed by atoms with E-state index in [-0.39, 0.29) is 0 Å². The molecule has 0 N–H and O–H groups in total. The van der Waals surface area contributed by atoms with Crippen molar-refractivity contribution in [3.8, 4) is 34.4 Å². The van der Waals surface area contributed by atoms with Gasteiger partial charge in [-0.1, -0.05) is 97.1 Å². The van der Waals surface area contributed by atoms with E-state index in [0.29, 0.717) is 17.6 Å². The summed E-state index contributed by atoms with van der Waals surface area (Å²) in [5.41, 5.74) is 5.77. The number of para-hydroxylation sites is 2. The van der Waals surface area contributed by atoms with Crippen molar-refractivity contribution in [2.45, 2.75) is 0 Å². The topological polar surface area (TPSA) is 61.4 Å².